The van der Waals surface area contributed by atoms with Crippen LogP contribution in [0.4, 0.5) is 0 Å². The van der Waals surface area contributed by atoms with Gasteiger partial charge in [0.25, 0.3) is 0 Å². The Hall–Kier alpha value is -0.860. The van der Waals surface area contributed by atoms with E-state index >= 15 is 0 Å². The number of rotatable bonds is 3. The molecule has 1 nitrogen and oxygen atoms in total. The summed E-state index contributed by atoms with van der Waals surface area (Å²) >= 11 is 2.00. The van der Waals surface area contributed by atoms with Crippen LogP contribution in [0.1, 0.15) is 55.5 Å². The van der Waals surface area contributed by atoms with E-state index in [0.29, 0.717) is 6.04 Å². The zero-order valence-electron chi connectivity index (χ0n) is 11.2. The van der Waals surface area contributed by atoms with Gasteiger partial charge in [-0.1, -0.05) is 32.0 Å². The molecule has 1 heterocycles. The van der Waals surface area contributed by atoms with E-state index in [4.69, 9.17) is 0 Å². The van der Waals surface area contributed by atoms with Gasteiger partial charge in [-0.05, 0) is 48.7 Å². The summed E-state index contributed by atoms with van der Waals surface area (Å²) in [4.78, 5) is 1.60. The minimum absolute atomic E-state index is 0.591. The molecule has 0 fully saturated rings. The molecule has 1 aromatic carbocycles. The quantitative estimate of drug-likeness (QED) is 0.831. The Balaban J connectivity index is 2.06. The highest BCUT2D eigenvalue weighted by molar-refractivity contribution is 7.19. The van der Waals surface area contributed by atoms with Crippen LogP contribution in [0.2, 0.25) is 0 Å². The Kier molecular flexibility index (Phi) is 3.40. The molecular weight excluding hydrogens is 238 g/mol. The summed E-state index contributed by atoms with van der Waals surface area (Å²) < 4.78 is 1.46. The van der Waals surface area contributed by atoms with Gasteiger partial charge in [-0.2, -0.15) is 0 Å². The van der Waals surface area contributed by atoms with Gasteiger partial charge in [0, 0.05) is 15.6 Å². The van der Waals surface area contributed by atoms with Gasteiger partial charge in [0.05, 0.1) is 0 Å². The van der Waals surface area contributed by atoms with Crippen LogP contribution in [0.15, 0.2) is 24.3 Å². The third kappa shape index (κ3) is 1.98. The van der Waals surface area contributed by atoms with E-state index in [-0.39, 0.29) is 0 Å². The van der Waals surface area contributed by atoms with E-state index in [0.717, 1.165) is 12.5 Å². The van der Waals surface area contributed by atoms with Gasteiger partial charge in [0.15, 0.2) is 0 Å². The summed E-state index contributed by atoms with van der Waals surface area (Å²) in [7, 11) is 0. The SMILES string of the molecule is CCCNC1CCC(C)c2c1sc1ccccc21. The maximum absolute atomic E-state index is 3.72. The summed E-state index contributed by atoms with van der Waals surface area (Å²) in [6.07, 6.45) is 3.82. The Morgan fingerprint density at radius 1 is 1.28 bits per heavy atom. The highest BCUT2D eigenvalue weighted by Crippen LogP contribution is 2.46. The van der Waals surface area contributed by atoms with Crippen molar-refractivity contribution < 1.29 is 0 Å². The Bertz CT molecular complexity index is 543. The van der Waals surface area contributed by atoms with Gasteiger partial charge in [0.1, 0.15) is 0 Å². The third-order valence-corrected chi connectivity index (χ3v) is 5.30. The summed E-state index contributed by atoms with van der Waals surface area (Å²) in [5, 5.41) is 5.21. The number of hydrogen-bond acceptors (Lipinski definition) is 2. The first-order valence-electron chi connectivity index (χ1n) is 7.06. The normalized spacial score (nSPS) is 23.2. The largest absolute Gasteiger partial charge is 0.309 e. The second kappa shape index (κ2) is 5.02. The Morgan fingerprint density at radius 3 is 2.94 bits per heavy atom. The Labute approximate surface area is 113 Å². The molecule has 0 saturated heterocycles. The van der Waals surface area contributed by atoms with Crippen LogP contribution in [-0.2, 0) is 0 Å². The molecule has 1 aromatic heterocycles. The number of nitrogens with one attached hydrogen (secondary N) is 1. The lowest BCUT2D eigenvalue weighted by Crippen LogP contribution is -2.25. The van der Waals surface area contributed by atoms with Gasteiger partial charge >= 0.3 is 0 Å². The van der Waals surface area contributed by atoms with E-state index in [1.165, 1.54) is 29.3 Å². The molecule has 0 saturated carbocycles. The summed E-state index contributed by atoms with van der Waals surface area (Å²) in [5.74, 6) is 0.718. The monoisotopic (exact) mass is 259 g/mol. The average molecular weight is 259 g/mol. The second-order valence-corrected chi connectivity index (χ2v) is 6.45. The molecule has 0 aliphatic heterocycles. The van der Waals surface area contributed by atoms with E-state index in [2.05, 4.69) is 43.4 Å². The predicted molar refractivity (Wildman–Crippen MR) is 80.5 cm³/mol. The molecule has 0 bridgehead atoms. The highest BCUT2D eigenvalue weighted by Gasteiger charge is 2.28. The standard InChI is InChI=1S/C16H21NS/c1-3-10-17-13-9-8-11(2)15-12-6-4-5-7-14(12)18-16(13)15/h4-7,11,13,17H,3,8-10H2,1-2H3. The van der Waals surface area contributed by atoms with Gasteiger partial charge in [-0.3, -0.25) is 0 Å². The minimum atomic E-state index is 0.591. The lowest BCUT2D eigenvalue weighted by molar-refractivity contribution is 0.442. The molecule has 2 unspecified atom stereocenters. The van der Waals surface area contributed by atoms with Crippen molar-refractivity contribution >= 4 is 21.4 Å². The molecule has 1 aliphatic carbocycles. The van der Waals surface area contributed by atoms with Gasteiger partial charge < -0.3 is 5.32 Å². The maximum Gasteiger partial charge on any atom is 0.0418 e. The molecule has 2 heteroatoms. The van der Waals surface area contributed by atoms with Crippen molar-refractivity contribution in [2.75, 3.05) is 6.54 Å². The second-order valence-electron chi connectivity index (χ2n) is 5.36. The van der Waals surface area contributed by atoms with Crippen LogP contribution in [0, 0.1) is 0 Å². The minimum Gasteiger partial charge on any atom is -0.309 e. The molecule has 0 radical (unpaired) electrons. The van der Waals surface area contributed by atoms with E-state index < -0.39 is 0 Å². The van der Waals surface area contributed by atoms with Crippen LogP contribution < -0.4 is 5.32 Å². The smallest absolute Gasteiger partial charge is 0.0418 e. The zero-order chi connectivity index (χ0) is 12.5. The van der Waals surface area contributed by atoms with Crippen molar-refractivity contribution in [3.05, 3.63) is 34.7 Å². The first-order valence-corrected chi connectivity index (χ1v) is 7.87. The van der Waals surface area contributed by atoms with Crippen molar-refractivity contribution in [2.24, 2.45) is 0 Å². The predicted octanol–water partition coefficient (Wildman–Crippen LogP) is 4.84. The molecule has 3 rings (SSSR count). The average Bonchev–Trinajstić information content (AvgIpc) is 2.78. The molecule has 0 spiro atoms. The summed E-state index contributed by atoms with van der Waals surface area (Å²) in [6.45, 7) is 5.76. The number of fused-ring (bicyclic) bond motifs is 3. The van der Waals surface area contributed by atoms with Crippen molar-refractivity contribution in [3.8, 4) is 0 Å². The van der Waals surface area contributed by atoms with Gasteiger partial charge in [0.2, 0.25) is 0 Å². The highest BCUT2D eigenvalue weighted by atomic mass is 32.1. The van der Waals surface area contributed by atoms with Gasteiger partial charge in [-0.15, -0.1) is 11.3 Å². The molecule has 1 aliphatic rings. The maximum atomic E-state index is 3.72. The topological polar surface area (TPSA) is 12.0 Å². The lowest BCUT2D eigenvalue weighted by atomic mass is 9.84. The molecule has 0 amide bonds. The zero-order valence-corrected chi connectivity index (χ0v) is 12.0. The van der Waals surface area contributed by atoms with Crippen LogP contribution in [0.25, 0.3) is 10.1 Å². The lowest BCUT2D eigenvalue weighted by Gasteiger charge is -2.27. The van der Waals surface area contributed by atoms with E-state index in [9.17, 15) is 0 Å². The van der Waals surface area contributed by atoms with Crippen molar-refractivity contribution in [1.29, 1.82) is 0 Å². The molecule has 18 heavy (non-hydrogen) atoms. The molecule has 96 valence electrons. The van der Waals surface area contributed by atoms with Crippen molar-refractivity contribution in [2.45, 2.75) is 45.1 Å². The first-order chi connectivity index (χ1) is 8.81. The molecule has 2 atom stereocenters. The van der Waals surface area contributed by atoms with Gasteiger partial charge in [-0.25, -0.2) is 0 Å². The fourth-order valence-corrected chi connectivity index (χ4v) is 4.49. The first kappa shape index (κ1) is 12.2. The Morgan fingerprint density at radius 2 is 2.11 bits per heavy atom. The van der Waals surface area contributed by atoms with Crippen molar-refractivity contribution in [1.82, 2.24) is 5.32 Å². The van der Waals surface area contributed by atoms with E-state index in [1.807, 2.05) is 11.3 Å². The summed E-state index contributed by atoms with van der Waals surface area (Å²) in [6, 6.07) is 9.48. The number of hydrogen-bond donors (Lipinski definition) is 1. The van der Waals surface area contributed by atoms with Crippen molar-refractivity contribution in [3.63, 3.8) is 0 Å². The molecular formula is C16H21NS. The molecule has 2 aromatic rings. The van der Waals surface area contributed by atoms with Crippen LogP contribution >= 0.6 is 11.3 Å². The fraction of sp³-hybridized carbons (Fsp3) is 0.500. The molecule has 1 N–H and O–H groups in total. The van der Waals surface area contributed by atoms with Crippen LogP contribution in [0.5, 0.6) is 0 Å². The third-order valence-electron chi connectivity index (χ3n) is 4.00. The van der Waals surface area contributed by atoms with Crippen LogP contribution in [0.3, 0.4) is 0 Å². The number of thiophene rings is 1. The fourth-order valence-electron chi connectivity index (χ4n) is 3.06. The van der Waals surface area contributed by atoms with E-state index in [1.54, 1.807) is 10.4 Å². The van der Waals surface area contributed by atoms with Crippen LogP contribution in [-0.4, -0.2) is 6.54 Å². The number of benzene rings is 1. The summed E-state index contributed by atoms with van der Waals surface area (Å²) in [5.41, 5.74) is 1.62.